The van der Waals surface area contributed by atoms with E-state index in [1.54, 1.807) is 6.07 Å². The number of aromatic hydroxyl groups is 1. The Labute approximate surface area is 110 Å². The lowest BCUT2D eigenvalue weighted by Crippen LogP contribution is -2.35. The molecule has 0 amide bonds. The summed E-state index contributed by atoms with van der Waals surface area (Å²) in [5.74, 6) is 1.24. The van der Waals surface area contributed by atoms with Crippen molar-refractivity contribution < 1.29 is 5.11 Å². The average Bonchev–Trinajstić information content (AvgIpc) is 2.32. The molecule has 0 aliphatic heterocycles. The summed E-state index contributed by atoms with van der Waals surface area (Å²) in [6, 6.07) is 6.66. The predicted molar refractivity (Wildman–Crippen MR) is 75.8 cm³/mol. The van der Waals surface area contributed by atoms with Crippen molar-refractivity contribution >= 4 is 0 Å². The molecule has 1 fully saturated rings. The highest BCUT2D eigenvalue weighted by Gasteiger charge is 2.21. The van der Waals surface area contributed by atoms with Gasteiger partial charge in [0.1, 0.15) is 5.75 Å². The van der Waals surface area contributed by atoms with E-state index in [1.807, 2.05) is 6.07 Å². The largest absolute Gasteiger partial charge is 0.508 e. The number of nitrogens with one attached hydrogen (secondary N) is 1. The molecular formula is C16H25NO. The lowest BCUT2D eigenvalue weighted by atomic mass is 9.86. The van der Waals surface area contributed by atoms with Crippen LogP contribution in [0.25, 0.3) is 0 Å². The van der Waals surface area contributed by atoms with Crippen molar-refractivity contribution in [3.8, 4) is 5.75 Å². The monoisotopic (exact) mass is 247 g/mol. The van der Waals surface area contributed by atoms with E-state index in [9.17, 15) is 5.11 Å². The van der Waals surface area contributed by atoms with E-state index in [4.69, 9.17) is 0 Å². The van der Waals surface area contributed by atoms with Crippen molar-refractivity contribution in [3.63, 3.8) is 0 Å². The zero-order valence-electron chi connectivity index (χ0n) is 11.7. The summed E-state index contributed by atoms with van der Waals surface area (Å²) in [6.07, 6.45) is 5.21. The Balaban J connectivity index is 2.02. The molecule has 1 aliphatic carbocycles. The number of rotatable bonds is 3. The highest BCUT2D eigenvalue weighted by atomic mass is 16.3. The van der Waals surface area contributed by atoms with Crippen LogP contribution in [0.3, 0.4) is 0 Å². The van der Waals surface area contributed by atoms with Crippen LogP contribution in [0.1, 0.15) is 56.7 Å². The van der Waals surface area contributed by atoms with Gasteiger partial charge in [-0.25, -0.2) is 0 Å². The Morgan fingerprint density at radius 1 is 1.33 bits per heavy atom. The molecule has 0 heterocycles. The van der Waals surface area contributed by atoms with Gasteiger partial charge >= 0.3 is 0 Å². The van der Waals surface area contributed by atoms with Crippen molar-refractivity contribution in [3.05, 3.63) is 29.3 Å². The standard InChI is InChI=1S/C16H25NO/c1-11-5-4-6-14(9-11)17-13(3)15-10-12(2)7-8-16(15)18/h7-8,10-11,13-14,17-18H,4-6,9H2,1-3H3. The van der Waals surface area contributed by atoms with Crippen molar-refractivity contribution in [2.75, 3.05) is 0 Å². The second-order valence-corrected chi connectivity index (χ2v) is 5.92. The zero-order chi connectivity index (χ0) is 13.1. The van der Waals surface area contributed by atoms with Crippen LogP contribution in [0.4, 0.5) is 0 Å². The second-order valence-electron chi connectivity index (χ2n) is 5.92. The zero-order valence-corrected chi connectivity index (χ0v) is 11.7. The van der Waals surface area contributed by atoms with Crippen LogP contribution in [-0.2, 0) is 0 Å². The van der Waals surface area contributed by atoms with Crippen LogP contribution in [0.2, 0.25) is 0 Å². The Morgan fingerprint density at radius 3 is 2.83 bits per heavy atom. The molecule has 1 saturated carbocycles. The molecule has 1 aromatic carbocycles. The lowest BCUT2D eigenvalue weighted by molar-refractivity contribution is 0.284. The van der Waals surface area contributed by atoms with E-state index in [1.165, 1.54) is 31.2 Å². The fourth-order valence-electron chi connectivity index (χ4n) is 3.05. The van der Waals surface area contributed by atoms with Crippen molar-refractivity contribution in [2.45, 2.75) is 58.5 Å². The fraction of sp³-hybridized carbons (Fsp3) is 0.625. The van der Waals surface area contributed by atoms with Crippen LogP contribution in [0.5, 0.6) is 5.75 Å². The molecular weight excluding hydrogens is 222 g/mol. The minimum absolute atomic E-state index is 0.222. The second kappa shape index (κ2) is 5.75. The molecule has 3 unspecified atom stereocenters. The van der Waals surface area contributed by atoms with Crippen LogP contribution in [-0.4, -0.2) is 11.1 Å². The van der Waals surface area contributed by atoms with Gasteiger partial charge in [-0.3, -0.25) is 0 Å². The molecule has 0 spiro atoms. The molecule has 2 nitrogen and oxygen atoms in total. The summed E-state index contributed by atoms with van der Waals surface area (Å²) in [5.41, 5.74) is 2.22. The maximum Gasteiger partial charge on any atom is 0.120 e. The van der Waals surface area contributed by atoms with E-state index in [0.717, 1.165) is 11.5 Å². The summed E-state index contributed by atoms with van der Waals surface area (Å²) in [7, 11) is 0. The quantitative estimate of drug-likeness (QED) is 0.848. The summed E-state index contributed by atoms with van der Waals surface area (Å²) < 4.78 is 0. The van der Waals surface area contributed by atoms with E-state index in [0.29, 0.717) is 11.8 Å². The number of phenolic OH excluding ortho intramolecular Hbond substituents is 1. The number of aryl methyl sites for hydroxylation is 1. The molecule has 2 heteroatoms. The first-order valence-corrected chi connectivity index (χ1v) is 7.12. The molecule has 100 valence electrons. The van der Waals surface area contributed by atoms with Crippen LogP contribution in [0.15, 0.2) is 18.2 Å². The third-order valence-electron chi connectivity index (χ3n) is 4.07. The highest BCUT2D eigenvalue weighted by molar-refractivity contribution is 5.37. The summed E-state index contributed by atoms with van der Waals surface area (Å²) in [6.45, 7) is 6.55. The van der Waals surface area contributed by atoms with Crippen molar-refractivity contribution in [2.24, 2.45) is 5.92 Å². The van der Waals surface area contributed by atoms with Gasteiger partial charge in [-0.2, -0.15) is 0 Å². The Morgan fingerprint density at radius 2 is 2.11 bits per heavy atom. The maximum absolute atomic E-state index is 9.95. The van der Waals surface area contributed by atoms with Gasteiger partial charge in [0.15, 0.2) is 0 Å². The van der Waals surface area contributed by atoms with Gasteiger partial charge in [-0.15, -0.1) is 0 Å². The lowest BCUT2D eigenvalue weighted by Gasteiger charge is -2.30. The number of benzene rings is 1. The third kappa shape index (κ3) is 3.26. The van der Waals surface area contributed by atoms with Gasteiger partial charge < -0.3 is 10.4 Å². The first kappa shape index (κ1) is 13.4. The first-order chi connectivity index (χ1) is 8.56. The third-order valence-corrected chi connectivity index (χ3v) is 4.07. The predicted octanol–water partition coefficient (Wildman–Crippen LogP) is 3.93. The first-order valence-electron chi connectivity index (χ1n) is 7.12. The molecule has 1 aliphatic rings. The topological polar surface area (TPSA) is 32.3 Å². The molecule has 0 radical (unpaired) electrons. The van der Waals surface area contributed by atoms with Gasteiger partial charge in [0, 0.05) is 17.6 Å². The summed E-state index contributed by atoms with van der Waals surface area (Å²) in [4.78, 5) is 0. The Bertz CT molecular complexity index is 402. The van der Waals surface area contributed by atoms with Gasteiger partial charge in [-0.05, 0) is 38.7 Å². The molecule has 0 aromatic heterocycles. The maximum atomic E-state index is 9.95. The molecule has 0 bridgehead atoms. The molecule has 2 N–H and O–H groups in total. The molecule has 18 heavy (non-hydrogen) atoms. The van der Waals surface area contributed by atoms with Gasteiger partial charge in [0.05, 0.1) is 0 Å². The SMILES string of the molecule is Cc1ccc(O)c(C(C)NC2CCCC(C)C2)c1. The summed E-state index contributed by atoms with van der Waals surface area (Å²) >= 11 is 0. The molecule has 3 atom stereocenters. The van der Waals surface area contributed by atoms with Gasteiger partial charge in [-0.1, -0.05) is 37.5 Å². The normalized spacial score (nSPS) is 25.9. The number of phenols is 1. The van der Waals surface area contributed by atoms with Crippen LogP contribution < -0.4 is 5.32 Å². The molecule has 2 rings (SSSR count). The van der Waals surface area contributed by atoms with E-state index < -0.39 is 0 Å². The van der Waals surface area contributed by atoms with E-state index >= 15 is 0 Å². The van der Waals surface area contributed by atoms with Crippen molar-refractivity contribution in [1.82, 2.24) is 5.32 Å². The highest BCUT2D eigenvalue weighted by Crippen LogP contribution is 2.29. The van der Waals surface area contributed by atoms with E-state index in [2.05, 4.69) is 32.2 Å². The van der Waals surface area contributed by atoms with Crippen LogP contribution in [0, 0.1) is 12.8 Å². The average molecular weight is 247 g/mol. The smallest absolute Gasteiger partial charge is 0.120 e. The summed E-state index contributed by atoms with van der Waals surface area (Å²) in [5, 5.41) is 13.6. The molecule has 0 saturated heterocycles. The van der Waals surface area contributed by atoms with Gasteiger partial charge in [0.25, 0.3) is 0 Å². The Hall–Kier alpha value is -1.02. The fourth-order valence-corrected chi connectivity index (χ4v) is 3.05. The van der Waals surface area contributed by atoms with E-state index in [-0.39, 0.29) is 6.04 Å². The molecule has 1 aromatic rings. The minimum atomic E-state index is 0.222. The van der Waals surface area contributed by atoms with Crippen LogP contribution >= 0.6 is 0 Å². The minimum Gasteiger partial charge on any atom is -0.508 e. The van der Waals surface area contributed by atoms with Crippen molar-refractivity contribution in [1.29, 1.82) is 0 Å². The number of hydrogen-bond acceptors (Lipinski definition) is 2. The van der Waals surface area contributed by atoms with Gasteiger partial charge in [0.2, 0.25) is 0 Å². The number of hydrogen-bond donors (Lipinski definition) is 2. The Kier molecular flexibility index (Phi) is 4.28.